The number of rotatable bonds is 5. The SMILES string of the molecule is CCN(Cc1c(Cl)cccc1Cl)CC(C)C#N. The van der Waals surface area contributed by atoms with E-state index in [1.54, 1.807) is 0 Å². The summed E-state index contributed by atoms with van der Waals surface area (Å²) in [5.74, 6) is 0.0104. The molecule has 0 amide bonds. The molecule has 17 heavy (non-hydrogen) atoms. The van der Waals surface area contributed by atoms with Gasteiger partial charge < -0.3 is 0 Å². The van der Waals surface area contributed by atoms with E-state index in [0.717, 1.165) is 18.7 Å². The molecule has 0 aliphatic heterocycles. The van der Waals surface area contributed by atoms with Crippen molar-refractivity contribution in [2.24, 2.45) is 5.92 Å². The predicted molar refractivity (Wildman–Crippen MR) is 72.2 cm³/mol. The Morgan fingerprint density at radius 3 is 2.41 bits per heavy atom. The van der Waals surface area contributed by atoms with E-state index in [2.05, 4.69) is 17.9 Å². The number of benzene rings is 1. The van der Waals surface area contributed by atoms with Crippen LogP contribution in [0.15, 0.2) is 18.2 Å². The fraction of sp³-hybridized carbons (Fsp3) is 0.462. The van der Waals surface area contributed by atoms with Gasteiger partial charge in [-0.1, -0.05) is 36.2 Å². The maximum Gasteiger partial charge on any atom is 0.0666 e. The summed E-state index contributed by atoms with van der Waals surface area (Å²) in [4.78, 5) is 2.17. The molecule has 0 fully saturated rings. The Balaban J connectivity index is 2.78. The van der Waals surface area contributed by atoms with E-state index < -0.39 is 0 Å². The summed E-state index contributed by atoms with van der Waals surface area (Å²) in [6, 6.07) is 7.75. The van der Waals surface area contributed by atoms with E-state index >= 15 is 0 Å². The van der Waals surface area contributed by atoms with Crippen molar-refractivity contribution in [3.05, 3.63) is 33.8 Å². The normalized spacial score (nSPS) is 12.5. The van der Waals surface area contributed by atoms with Crippen LogP contribution in [0.25, 0.3) is 0 Å². The minimum absolute atomic E-state index is 0.0104. The molecule has 1 aromatic rings. The van der Waals surface area contributed by atoms with E-state index in [1.165, 1.54) is 0 Å². The summed E-state index contributed by atoms with van der Waals surface area (Å²) in [6.07, 6.45) is 0. The summed E-state index contributed by atoms with van der Waals surface area (Å²) in [5, 5.41) is 10.2. The Bertz CT molecular complexity index is 392. The molecule has 0 N–H and O–H groups in total. The largest absolute Gasteiger partial charge is 0.298 e. The molecule has 0 heterocycles. The molecule has 92 valence electrons. The van der Waals surface area contributed by atoms with E-state index in [-0.39, 0.29) is 5.92 Å². The van der Waals surface area contributed by atoms with Gasteiger partial charge in [0.1, 0.15) is 0 Å². The van der Waals surface area contributed by atoms with Crippen molar-refractivity contribution < 1.29 is 0 Å². The summed E-state index contributed by atoms with van der Waals surface area (Å²) in [5.41, 5.74) is 0.933. The Morgan fingerprint density at radius 1 is 1.35 bits per heavy atom. The third-order valence-electron chi connectivity index (χ3n) is 2.64. The molecule has 0 aliphatic carbocycles. The van der Waals surface area contributed by atoms with Crippen molar-refractivity contribution in [2.75, 3.05) is 13.1 Å². The van der Waals surface area contributed by atoms with Crippen LogP contribution in [0.1, 0.15) is 19.4 Å². The first kappa shape index (κ1) is 14.3. The van der Waals surface area contributed by atoms with E-state index in [4.69, 9.17) is 28.5 Å². The quantitative estimate of drug-likeness (QED) is 0.810. The van der Waals surface area contributed by atoms with Crippen molar-refractivity contribution in [1.29, 1.82) is 5.26 Å². The van der Waals surface area contributed by atoms with Crippen molar-refractivity contribution in [1.82, 2.24) is 4.90 Å². The van der Waals surface area contributed by atoms with Gasteiger partial charge in [-0.2, -0.15) is 5.26 Å². The minimum Gasteiger partial charge on any atom is -0.298 e. The van der Waals surface area contributed by atoms with Gasteiger partial charge in [0.25, 0.3) is 0 Å². The average Bonchev–Trinajstić information content (AvgIpc) is 2.32. The number of nitriles is 1. The standard InChI is InChI=1S/C13H16Cl2N2/c1-3-17(8-10(2)7-16)9-11-12(14)5-4-6-13(11)15/h4-6,10H,3,8-9H2,1-2H3. The number of hydrogen-bond donors (Lipinski definition) is 0. The van der Waals surface area contributed by atoms with Crippen LogP contribution < -0.4 is 0 Å². The molecule has 0 radical (unpaired) electrons. The van der Waals surface area contributed by atoms with Crippen molar-refractivity contribution >= 4 is 23.2 Å². The molecular formula is C13H16Cl2N2. The second-order valence-corrected chi connectivity index (χ2v) is 4.87. The molecule has 2 nitrogen and oxygen atoms in total. The van der Waals surface area contributed by atoms with Crippen LogP contribution in [0, 0.1) is 17.2 Å². The van der Waals surface area contributed by atoms with Crippen molar-refractivity contribution in [3.8, 4) is 6.07 Å². The molecule has 1 aromatic carbocycles. The highest BCUT2D eigenvalue weighted by Gasteiger charge is 2.12. The highest BCUT2D eigenvalue weighted by molar-refractivity contribution is 6.35. The maximum atomic E-state index is 8.83. The molecule has 0 aromatic heterocycles. The van der Waals surface area contributed by atoms with Crippen LogP contribution in [0.5, 0.6) is 0 Å². The number of halogens is 2. The van der Waals surface area contributed by atoms with Gasteiger partial charge in [0.05, 0.1) is 12.0 Å². The monoisotopic (exact) mass is 270 g/mol. The van der Waals surface area contributed by atoms with Gasteiger partial charge in [-0.15, -0.1) is 0 Å². The van der Waals surface area contributed by atoms with Crippen LogP contribution in [-0.2, 0) is 6.54 Å². The molecule has 1 unspecified atom stereocenters. The zero-order valence-corrected chi connectivity index (χ0v) is 11.6. The smallest absolute Gasteiger partial charge is 0.0666 e. The van der Waals surface area contributed by atoms with Gasteiger partial charge in [-0.05, 0) is 25.6 Å². The molecule has 0 saturated heterocycles. The van der Waals surface area contributed by atoms with Gasteiger partial charge >= 0.3 is 0 Å². The van der Waals surface area contributed by atoms with Crippen LogP contribution in [0.4, 0.5) is 0 Å². The summed E-state index contributed by atoms with van der Waals surface area (Å²) in [7, 11) is 0. The first-order chi connectivity index (χ1) is 8.08. The summed E-state index contributed by atoms with van der Waals surface area (Å²) >= 11 is 12.2. The van der Waals surface area contributed by atoms with Gasteiger partial charge in [-0.3, -0.25) is 4.90 Å². The van der Waals surface area contributed by atoms with E-state index in [0.29, 0.717) is 16.6 Å². The van der Waals surface area contributed by atoms with Crippen molar-refractivity contribution in [3.63, 3.8) is 0 Å². The van der Waals surface area contributed by atoms with Gasteiger partial charge in [-0.25, -0.2) is 0 Å². The van der Waals surface area contributed by atoms with Gasteiger partial charge in [0.2, 0.25) is 0 Å². The highest BCUT2D eigenvalue weighted by atomic mass is 35.5. The zero-order chi connectivity index (χ0) is 12.8. The lowest BCUT2D eigenvalue weighted by atomic mass is 10.1. The number of hydrogen-bond acceptors (Lipinski definition) is 2. The fourth-order valence-corrected chi connectivity index (χ4v) is 2.16. The molecule has 0 saturated carbocycles. The second kappa shape index (κ2) is 6.86. The predicted octanol–water partition coefficient (Wildman–Crippen LogP) is 3.97. The Morgan fingerprint density at radius 2 is 1.94 bits per heavy atom. The maximum absolute atomic E-state index is 8.83. The topological polar surface area (TPSA) is 27.0 Å². The second-order valence-electron chi connectivity index (χ2n) is 4.06. The Labute approximate surface area is 113 Å². The Hall–Kier alpha value is -0.750. The first-order valence-electron chi connectivity index (χ1n) is 5.63. The fourth-order valence-electron chi connectivity index (χ4n) is 1.64. The van der Waals surface area contributed by atoms with Crippen LogP contribution in [0.2, 0.25) is 10.0 Å². The molecular weight excluding hydrogens is 255 g/mol. The van der Waals surface area contributed by atoms with E-state index in [1.807, 2.05) is 25.1 Å². The minimum atomic E-state index is 0.0104. The van der Waals surface area contributed by atoms with Gasteiger partial charge in [0, 0.05) is 28.7 Å². The summed E-state index contributed by atoms with van der Waals surface area (Å²) < 4.78 is 0. The lowest BCUT2D eigenvalue weighted by Gasteiger charge is -2.22. The number of nitrogens with zero attached hydrogens (tertiary/aromatic N) is 2. The molecule has 0 spiro atoms. The van der Waals surface area contributed by atoms with Gasteiger partial charge in [0.15, 0.2) is 0 Å². The lowest BCUT2D eigenvalue weighted by molar-refractivity contribution is 0.260. The van der Waals surface area contributed by atoms with Crippen molar-refractivity contribution in [2.45, 2.75) is 20.4 Å². The first-order valence-corrected chi connectivity index (χ1v) is 6.39. The third-order valence-corrected chi connectivity index (χ3v) is 3.35. The molecule has 0 bridgehead atoms. The lowest BCUT2D eigenvalue weighted by Crippen LogP contribution is -2.27. The highest BCUT2D eigenvalue weighted by Crippen LogP contribution is 2.25. The van der Waals surface area contributed by atoms with E-state index in [9.17, 15) is 0 Å². The molecule has 1 atom stereocenters. The molecule has 0 aliphatic rings. The van der Waals surface area contributed by atoms with Crippen LogP contribution >= 0.6 is 23.2 Å². The van der Waals surface area contributed by atoms with Crippen LogP contribution in [0.3, 0.4) is 0 Å². The Kier molecular flexibility index (Phi) is 5.77. The summed E-state index contributed by atoms with van der Waals surface area (Å²) in [6.45, 7) is 6.26. The zero-order valence-electron chi connectivity index (χ0n) is 10.1. The average molecular weight is 271 g/mol. The third kappa shape index (κ3) is 4.20. The molecule has 1 rings (SSSR count). The van der Waals surface area contributed by atoms with Crippen LogP contribution in [-0.4, -0.2) is 18.0 Å². The molecule has 4 heteroatoms.